The van der Waals surface area contributed by atoms with Crippen LogP contribution < -0.4 is 14.2 Å². The lowest BCUT2D eigenvalue weighted by Gasteiger charge is -2.45. The average molecular weight is 399 g/mol. The van der Waals surface area contributed by atoms with Gasteiger partial charge in [0.2, 0.25) is 0 Å². The lowest BCUT2D eigenvalue weighted by Crippen LogP contribution is -2.46. The van der Waals surface area contributed by atoms with E-state index in [1.165, 1.54) is 11.1 Å². The SMILES string of the molecule is COc1ccc(O)cc1CN1CCC2(CC1)OCCc1cc(OC)c(OC)cc12. The summed E-state index contributed by atoms with van der Waals surface area (Å²) in [4.78, 5) is 2.39. The van der Waals surface area contributed by atoms with Gasteiger partial charge in [-0.05, 0) is 60.7 Å². The van der Waals surface area contributed by atoms with Crippen molar-refractivity contribution in [1.29, 1.82) is 0 Å². The molecule has 1 N–H and O–H groups in total. The van der Waals surface area contributed by atoms with Crippen LogP contribution in [0.5, 0.6) is 23.0 Å². The zero-order chi connectivity index (χ0) is 20.4. The first-order chi connectivity index (χ1) is 14.1. The van der Waals surface area contributed by atoms with Crippen molar-refractivity contribution in [2.45, 2.75) is 31.4 Å². The molecule has 4 rings (SSSR count). The van der Waals surface area contributed by atoms with Gasteiger partial charge in [-0.15, -0.1) is 0 Å². The second-order valence-corrected chi connectivity index (χ2v) is 7.73. The molecule has 0 atom stereocenters. The van der Waals surface area contributed by atoms with E-state index in [1.807, 2.05) is 6.07 Å². The summed E-state index contributed by atoms with van der Waals surface area (Å²) in [6, 6.07) is 9.45. The number of benzene rings is 2. The Kier molecular flexibility index (Phi) is 5.56. The van der Waals surface area contributed by atoms with Crippen LogP contribution in [0.25, 0.3) is 0 Å². The number of phenolic OH excluding ortho intramolecular Hbond substituents is 1. The van der Waals surface area contributed by atoms with E-state index in [0.29, 0.717) is 0 Å². The summed E-state index contributed by atoms with van der Waals surface area (Å²) in [5, 5.41) is 9.85. The Morgan fingerprint density at radius 3 is 2.34 bits per heavy atom. The number of hydrogen-bond donors (Lipinski definition) is 1. The first kappa shape index (κ1) is 19.9. The molecule has 0 aromatic heterocycles. The molecule has 6 heteroatoms. The number of piperidine rings is 1. The van der Waals surface area contributed by atoms with E-state index in [9.17, 15) is 5.11 Å². The van der Waals surface area contributed by atoms with Gasteiger partial charge in [0.25, 0.3) is 0 Å². The van der Waals surface area contributed by atoms with Gasteiger partial charge in [0.15, 0.2) is 11.5 Å². The van der Waals surface area contributed by atoms with Crippen molar-refractivity contribution in [3.05, 3.63) is 47.0 Å². The summed E-state index contributed by atoms with van der Waals surface area (Å²) in [7, 11) is 5.01. The van der Waals surface area contributed by atoms with Crippen molar-refractivity contribution in [2.75, 3.05) is 41.0 Å². The number of hydrogen-bond acceptors (Lipinski definition) is 6. The van der Waals surface area contributed by atoms with Crippen molar-refractivity contribution in [2.24, 2.45) is 0 Å². The highest BCUT2D eigenvalue weighted by molar-refractivity contribution is 5.50. The van der Waals surface area contributed by atoms with E-state index in [0.717, 1.165) is 68.3 Å². The molecule has 0 amide bonds. The number of rotatable bonds is 5. The largest absolute Gasteiger partial charge is 0.508 e. The fourth-order valence-corrected chi connectivity index (χ4v) is 4.60. The predicted octanol–water partition coefficient (Wildman–Crippen LogP) is 3.48. The van der Waals surface area contributed by atoms with Gasteiger partial charge in [-0.2, -0.15) is 0 Å². The first-order valence-corrected chi connectivity index (χ1v) is 10.1. The predicted molar refractivity (Wildman–Crippen MR) is 110 cm³/mol. The topological polar surface area (TPSA) is 60.4 Å². The maximum absolute atomic E-state index is 9.85. The molecule has 1 spiro atoms. The molecule has 1 fully saturated rings. The standard InChI is InChI=1S/C23H29NO5/c1-26-20-5-4-18(25)12-17(20)15-24-9-7-23(8-10-24)19-14-22(28-3)21(27-2)13-16(19)6-11-29-23/h4-5,12-14,25H,6-11,15H2,1-3H3. The van der Waals surface area contributed by atoms with Crippen molar-refractivity contribution in [1.82, 2.24) is 4.90 Å². The quantitative estimate of drug-likeness (QED) is 0.831. The molecule has 2 aliphatic rings. The van der Waals surface area contributed by atoms with Gasteiger partial charge in [0, 0.05) is 25.2 Å². The Hall–Kier alpha value is -2.44. The zero-order valence-electron chi connectivity index (χ0n) is 17.4. The summed E-state index contributed by atoms with van der Waals surface area (Å²) >= 11 is 0. The molecular weight excluding hydrogens is 370 g/mol. The van der Waals surface area contributed by atoms with E-state index < -0.39 is 0 Å². The van der Waals surface area contributed by atoms with E-state index in [-0.39, 0.29) is 11.4 Å². The summed E-state index contributed by atoms with van der Waals surface area (Å²) in [6.45, 7) is 3.29. The van der Waals surface area contributed by atoms with Crippen molar-refractivity contribution in [3.63, 3.8) is 0 Å². The van der Waals surface area contributed by atoms with Gasteiger partial charge in [-0.3, -0.25) is 4.90 Å². The monoisotopic (exact) mass is 399 g/mol. The molecule has 0 aliphatic carbocycles. The molecule has 2 aromatic rings. The fourth-order valence-electron chi connectivity index (χ4n) is 4.60. The average Bonchev–Trinajstić information content (AvgIpc) is 2.75. The highest BCUT2D eigenvalue weighted by Gasteiger charge is 2.41. The highest BCUT2D eigenvalue weighted by atomic mass is 16.5. The molecule has 2 aromatic carbocycles. The Balaban J connectivity index is 1.53. The van der Waals surface area contributed by atoms with Gasteiger partial charge in [-0.25, -0.2) is 0 Å². The van der Waals surface area contributed by atoms with Crippen LogP contribution in [0.1, 0.15) is 29.5 Å². The molecule has 1 saturated heterocycles. The van der Waals surface area contributed by atoms with E-state index in [1.54, 1.807) is 33.5 Å². The number of ether oxygens (including phenoxy) is 4. The van der Waals surface area contributed by atoms with Crippen LogP contribution in [0.4, 0.5) is 0 Å². The molecule has 0 bridgehead atoms. The Morgan fingerprint density at radius 2 is 1.66 bits per heavy atom. The second kappa shape index (κ2) is 8.13. The second-order valence-electron chi connectivity index (χ2n) is 7.73. The Bertz CT molecular complexity index is 874. The van der Waals surface area contributed by atoms with Gasteiger partial charge < -0.3 is 24.1 Å². The zero-order valence-corrected chi connectivity index (χ0v) is 17.4. The number of phenols is 1. The van der Waals surface area contributed by atoms with Crippen LogP contribution in [0.15, 0.2) is 30.3 Å². The lowest BCUT2D eigenvalue weighted by atomic mass is 9.79. The molecule has 29 heavy (non-hydrogen) atoms. The first-order valence-electron chi connectivity index (χ1n) is 10.1. The van der Waals surface area contributed by atoms with E-state index >= 15 is 0 Å². The highest BCUT2D eigenvalue weighted by Crippen LogP contribution is 2.45. The Labute approximate surface area is 171 Å². The van der Waals surface area contributed by atoms with Crippen LogP contribution in [0, 0.1) is 0 Å². The third-order valence-electron chi connectivity index (χ3n) is 6.17. The van der Waals surface area contributed by atoms with Gasteiger partial charge >= 0.3 is 0 Å². The maximum atomic E-state index is 9.85. The van der Waals surface area contributed by atoms with Gasteiger partial charge in [0.1, 0.15) is 11.5 Å². The molecule has 0 unspecified atom stereocenters. The van der Waals surface area contributed by atoms with Crippen LogP contribution in [0.3, 0.4) is 0 Å². The van der Waals surface area contributed by atoms with Crippen LogP contribution in [-0.2, 0) is 23.3 Å². The van der Waals surface area contributed by atoms with E-state index in [4.69, 9.17) is 18.9 Å². The molecule has 2 aliphatic heterocycles. The molecule has 156 valence electrons. The third-order valence-corrected chi connectivity index (χ3v) is 6.17. The minimum Gasteiger partial charge on any atom is -0.508 e. The van der Waals surface area contributed by atoms with E-state index in [2.05, 4.69) is 17.0 Å². The molecule has 0 radical (unpaired) electrons. The molecular formula is C23H29NO5. The van der Waals surface area contributed by atoms with Gasteiger partial charge in [-0.1, -0.05) is 0 Å². The number of fused-ring (bicyclic) bond motifs is 2. The maximum Gasteiger partial charge on any atom is 0.161 e. The molecule has 0 saturated carbocycles. The van der Waals surface area contributed by atoms with Crippen LogP contribution in [-0.4, -0.2) is 51.0 Å². The molecule has 2 heterocycles. The summed E-state index contributed by atoms with van der Waals surface area (Å²) in [5.74, 6) is 2.60. The number of methoxy groups -OCH3 is 3. The van der Waals surface area contributed by atoms with Gasteiger partial charge in [0.05, 0.1) is 33.5 Å². The number of nitrogens with zero attached hydrogens (tertiary/aromatic N) is 1. The minimum absolute atomic E-state index is 0.264. The van der Waals surface area contributed by atoms with Crippen LogP contribution in [0.2, 0.25) is 0 Å². The van der Waals surface area contributed by atoms with Crippen molar-refractivity contribution >= 4 is 0 Å². The minimum atomic E-state index is -0.271. The number of aromatic hydroxyl groups is 1. The Morgan fingerprint density at radius 1 is 0.966 bits per heavy atom. The molecule has 6 nitrogen and oxygen atoms in total. The third kappa shape index (κ3) is 3.74. The summed E-state index contributed by atoms with van der Waals surface area (Å²) in [5.41, 5.74) is 3.25. The van der Waals surface area contributed by atoms with Crippen molar-refractivity contribution in [3.8, 4) is 23.0 Å². The van der Waals surface area contributed by atoms with Crippen molar-refractivity contribution < 1.29 is 24.1 Å². The smallest absolute Gasteiger partial charge is 0.161 e. The normalized spacial score (nSPS) is 18.3. The van der Waals surface area contributed by atoms with Crippen LogP contribution >= 0.6 is 0 Å². The fraction of sp³-hybridized carbons (Fsp3) is 0.478. The number of likely N-dealkylation sites (tertiary alicyclic amines) is 1. The summed E-state index contributed by atoms with van der Waals surface area (Å²) in [6.07, 6.45) is 2.72. The summed E-state index contributed by atoms with van der Waals surface area (Å²) < 4.78 is 22.9. The lowest BCUT2D eigenvalue weighted by molar-refractivity contribution is -0.0991.